The van der Waals surface area contributed by atoms with Crippen molar-refractivity contribution in [2.45, 2.75) is 19.9 Å². The maximum atomic E-state index is 14.4. The second-order valence-corrected chi connectivity index (χ2v) is 7.81. The number of piperazine rings is 1. The summed E-state index contributed by atoms with van der Waals surface area (Å²) in [5, 5.41) is 3.41. The second-order valence-electron chi connectivity index (χ2n) is 7.81. The summed E-state index contributed by atoms with van der Waals surface area (Å²) in [6.07, 6.45) is 4.68. The van der Waals surface area contributed by atoms with Crippen LogP contribution in [0.4, 0.5) is 15.8 Å². The number of carbonyl (C=O) groups excluding carboxylic acids is 1. The Morgan fingerprint density at radius 2 is 2.13 bits per heavy atom. The topological polar surface area (TPSA) is 93.5 Å². The molecule has 1 unspecified atom stereocenters. The largest absolute Gasteiger partial charge is 0.397 e. The number of pyridine rings is 1. The lowest BCUT2D eigenvalue weighted by atomic mass is 10.1. The number of benzene rings is 1. The van der Waals surface area contributed by atoms with Crippen molar-refractivity contribution in [2.24, 2.45) is 0 Å². The summed E-state index contributed by atoms with van der Waals surface area (Å²) >= 11 is 0. The number of anilines is 2. The van der Waals surface area contributed by atoms with Gasteiger partial charge in [-0.3, -0.25) is 9.36 Å². The van der Waals surface area contributed by atoms with Gasteiger partial charge in [-0.25, -0.2) is 14.4 Å². The van der Waals surface area contributed by atoms with E-state index in [0.29, 0.717) is 28.5 Å². The minimum Gasteiger partial charge on any atom is -0.397 e. The third-order valence-electron chi connectivity index (χ3n) is 5.48. The predicted molar refractivity (Wildman–Crippen MR) is 113 cm³/mol. The molecule has 1 saturated heterocycles. The molecule has 1 fully saturated rings. The normalized spacial score (nSPS) is 17.2. The number of carbonyl (C=O) groups is 1. The Morgan fingerprint density at radius 1 is 1.30 bits per heavy atom. The van der Waals surface area contributed by atoms with Crippen molar-refractivity contribution in [3.8, 4) is 0 Å². The lowest BCUT2D eigenvalue weighted by Gasteiger charge is -2.33. The van der Waals surface area contributed by atoms with Crippen LogP contribution in [0.15, 0.2) is 36.9 Å². The number of hydrogen-bond acceptors (Lipinski definition) is 6. The summed E-state index contributed by atoms with van der Waals surface area (Å²) in [4.78, 5) is 23.9. The number of imidazole rings is 2. The van der Waals surface area contributed by atoms with E-state index in [2.05, 4.69) is 27.1 Å². The Morgan fingerprint density at radius 3 is 2.93 bits per heavy atom. The van der Waals surface area contributed by atoms with Gasteiger partial charge in [-0.05, 0) is 32.0 Å². The predicted octanol–water partition coefficient (Wildman–Crippen LogP) is 2.20. The van der Waals surface area contributed by atoms with E-state index < -0.39 is 11.7 Å². The first-order valence-corrected chi connectivity index (χ1v) is 9.85. The SMILES string of the molecule is Cc1cn2cc(C(=O)n3cnc4cc(N5CCNC(C)C5)cc(N)c43)cc(F)c2n1. The number of halogens is 1. The molecule has 5 rings (SSSR count). The van der Waals surface area contributed by atoms with Crippen LogP contribution >= 0.6 is 0 Å². The maximum absolute atomic E-state index is 14.4. The van der Waals surface area contributed by atoms with Crippen molar-refractivity contribution < 1.29 is 9.18 Å². The van der Waals surface area contributed by atoms with E-state index in [4.69, 9.17) is 5.73 Å². The Balaban J connectivity index is 1.55. The molecule has 9 heteroatoms. The zero-order valence-electron chi connectivity index (χ0n) is 16.8. The van der Waals surface area contributed by atoms with Crippen LogP contribution in [0.2, 0.25) is 0 Å². The van der Waals surface area contributed by atoms with Crippen LogP contribution in [-0.2, 0) is 0 Å². The first-order chi connectivity index (χ1) is 14.4. The van der Waals surface area contributed by atoms with Crippen LogP contribution in [0.1, 0.15) is 23.0 Å². The van der Waals surface area contributed by atoms with E-state index >= 15 is 0 Å². The lowest BCUT2D eigenvalue weighted by Crippen LogP contribution is -2.49. The Bertz CT molecular complexity index is 1290. The van der Waals surface area contributed by atoms with Crippen molar-refractivity contribution in [1.82, 2.24) is 24.3 Å². The molecule has 0 spiro atoms. The molecule has 1 aliphatic heterocycles. The number of hydrogen-bond donors (Lipinski definition) is 2. The molecule has 4 aromatic rings. The number of nitrogens with two attached hydrogens (primary N) is 1. The lowest BCUT2D eigenvalue weighted by molar-refractivity contribution is 0.0963. The number of nitrogens with one attached hydrogen (secondary N) is 1. The minimum absolute atomic E-state index is 0.189. The molecule has 4 heterocycles. The van der Waals surface area contributed by atoms with Crippen LogP contribution < -0.4 is 16.0 Å². The second kappa shape index (κ2) is 6.81. The zero-order valence-corrected chi connectivity index (χ0v) is 16.8. The minimum atomic E-state index is -0.554. The molecule has 0 aliphatic carbocycles. The molecule has 30 heavy (non-hydrogen) atoms. The third-order valence-corrected chi connectivity index (χ3v) is 5.48. The summed E-state index contributed by atoms with van der Waals surface area (Å²) in [5.41, 5.74) is 9.98. The number of nitrogen functional groups attached to an aromatic ring is 1. The standard InChI is InChI=1S/C21H22FN7O/c1-12-8-27(4-3-24-12)15-6-17(23)19-18(7-15)25-11-29(19)21(30)14-5-16(22)20-26-13(2)9-28(20)10-14/h5-7,9-12,24H,3-4,8,23H2,1-2H3. The summed E-state index contributed by atoms with van der Waals surface area (Å²) in [6, 6.07) is 5.39. The van der Waals surface area contributed by atoms with Gasteiger partial charge in [0.2, 0.25) is 0 Å². The molecule has 1 aliphatic rings. The van der Waals surface area contributed by atoms with E-state index in [1.54, 1.807) is 19.3 Å². The molecule has 0 radical (unpaired) electrons. The smallest absolute Gasteiger partial charge is 0.265 e. The molecule has 3 N–H and O–H groups in total. The number of rotatable bonds is 2. The summed E-state index contributed by atoms with van der Waals surface area (Å²) in [6.45, 7) is 6.55. The number of aryl methyl sites for hydroxylation is 1. The van der Waals surface area contributed by atoms with E-state index in [9.17, 15) is 9.18 Å². The fourth-order valence-corrected chi connectivity index (χ4v) is 4.10. The summed E-state index contributed by atoms with van der Waals surface area (Å²) in [7, 11) is 0. The van der Waals surface area contributed by atoms with Crippen LogP contribution in [0.3, 0.4) is 0 Å². The quantitative estimate of drug-likeness (QED) is 0.495. The van der Waals surface area contributed by atoms with E-state index in [1.165, 1.54) is 21.4 Å². The number of fused-ring (bicyclic) bond motifs is 2. The van der Waals surface area contributed by atoms with E-state index in [-0.39, 0.29) is 11.2 Å². The van der Waals surface area contributed by atoms with Gasteiger partial charge in [-0.1, -0.05) is 0 Å². The molecule has 3 aromatic heterocycles. The number of nitrogens with zero attached hydrogens (tertiary/aromatic N) is 5. The monoisotopic (exact) mass is 407 g/mol. The highest BCUT2D eigenvalue weighted by Gasteiger charge is 2.21. The van der Waals surface area contributed by atoms with Crippen molar-refractivity contribution >= 4 is 34.0 Å². The Labute approximate surface area is 172 Å². The molecule has 0 bridgehead atoms. The van der Waals surface area contributed by atoms with Crippen LogP contribution in [0.25, 0.3) is 16.7 Å². The zero-order chi connectivity index (χ0) is 21.0. The molecule has 1 aromatic carbocycles. The highest BCUT2D eigenvalue weighted by Crippen LogP contribution is 2.29. The fraction of sp³-hybridized carbons (Fsp3) is 0.286. The maximum Gasteiger partial charge on any atom is 0.265 e. The summed E-state index contributed by atoms with van der Waals surface area (Å²) < 4.78 is 17.3. The van der Waals surface area contributed by atoms with Gasteiger partial charge < -0.3 is 20.4 Å². The van der Waals surface area contributed by atoms with Gasteiger partial charge in [-0.2, -0.15) is 0 Å². The first kappa shape index (κ1) is 18.6. The third kappa shape index (κ3) is 2.98. The molecule has 0 amide bonds. The molecular formula is C21H22FN7O. The van der Waals surface area contributed by atoms with Crippen LogP contribution in [0, 0.1) is 12.7 Å². The molecular weight excluding hydrogens is 385 g/mol. The van der Waals surface area contributed by atoms with Crippen LogP contribution in [-0.4, -0.2) is 50.5 Å². The highest BCUT2D eigenvalue weighted by molar-refractivity contribution is 6.04. The molecule has 154 valence electrons. The summed E-state index contributed by atoms with van der Waals surface area (Å²) in [5.74, 6) is -0.957. The van der Waals surface area contributed by atoms with E-state index in [1.807, 2.05) is 12.1 Å². The Kier molecular flexibility index (Phi) is 4.21. The van der Waals surface area contributed by atoms with Gasteiger partial charge in [0.15, 0.2) is 11.5 Å². The molecule has 0 saturated carbocycles. The van der Waals surface area contributed by atoms with Crippen molar-refractivity contribution in [1.29, 1.82) is 0 Å². The van der Waals surface area contributed by atoms with Crippen molar-refractivity contribution in [3.63, 3.8) is 0 Å². The van der Waals surface area contributed by atoms with E-state index in [0.717, 1.165) is 25.3 Å². The first-order valence-electron chi connectivity index (χ1n) is 9.85. The van der Waals surface area contributed by atoms with Crippen molar-refractivity contribution in [3.05, 3.63) is 54.0 Å². The van der Waals surface area contributed by atoms with Crippen molar-refractivity contribution in [2.75, 3.05) is 30.3 Å². The number of aromatic nitrogens is 4. The van der Waals surface area contributed by atoms with Gasteiger partial charge in [0.1, 0.15) is 6.33 Å². The van der Waals surface area contributed by atoms with Crippen LogP contribution in [0.5, 0.6) is 0 Å². The average molecular weight is 407 g/mol. The Hall–Kier alpha value is -3.46. The molecule has 1 atom stereocenters. The van der Waals surface area contributed by atoms with Gasteiger partial charge in [0, 0.05) is 43.8 Å². The van der Waals surface area contributed by atoms with Gasteiger partial charge in [0.25, 0.3) is 5.91 Å². The average Bonchev–Trinajstić information content (AvgIpc) is 3.31. The van der Waals surface area contributed by atoms with Gasteiger partial charge in [0.05, 0.1) is 28.0 Å². The van der Waals surface area contributed by atoms with Gasteiger partial charge in [-0.15, -0.1) is 0 Å². The molecule has 8 nitrogen and oxygen atoms in total. The fourth-order valence-electron chi connectivity index (χ4n) is 4.10. The van der Waals surface area contributed by atoms with Gasteiger partial charge >= 0.3 is 0 Å². The highest BCUT2D eigenvalue weighted by atomic mass is 19.1.